The maximum atomic E-state index is 12.1. The van der Waals surface area contributed by atoms with Crippen LogP contribution in [0.2, 0.25) is 0 Å². The van der Waals surface area contributed by atoms with Crippen molar-refractivity contribution in [2.24, 2.45) is 0 Å². The predicted molar refractivity (Wildman–Crippen MR) is 66.9 cm³/mol. The Morgan fingerprint density at radius 1 is 1.24 bits per heavy atom. The van der Waals surface area contributed by atoms with Crippen LogP contribution in [0.1, 0.15) is 24.2 Å². The molecule has 0 aromatic heterocycles. The fraction of sp³-hybridized carbons (Fsp3) is 0.385. The maximum absolute atomic E-state index is 12.1. The molecule has 1 amide bonds. The van der Waals surface area contributed by atoms with Crippen LogP contribution in [0.3, 0.4) is 0 Å². The number of hydrogen-bond acceptors (Lipinski definition) is 3. The second kappa shape index (κ2) is 5.63. The average molecular weight is 305 g/mol. The lowest BCUT2D eigenvalue weighted by Gasteiger charge is -2.31. The van der Waals surface area contributed by atoms with Crippen LogP contribution in [0.5, 0.6) is 5.75 Å². The van der Waals surface area contributed by atoms with Crippen molar-refractivity contribution in [3.63, 3.8) is 0 Å². The molecule has 116 valence electrons. The zero-order valence-electron chi connectivity index (χ0n) is 11.6. The van der Waals surface area contributed by atoms with Crippen LogP contribution in [0, 0.1) is 0 Å². The molecule has 0 radical (unpaired) electrons. The smallest absolute Gasteiger partial charge is 0.480 e. The number of ether oxygens (including phenoxy) is 1. The molecule has 1 aromatic rings. The van der Waals surface area contributed by atoms with E-state index in [1.54, 1.807) is 0 Å². The van der Waals surface area contributed by atoms with Gasteiger partial charge in [0.05, 0.1) is 0 Å². The molecule has 0 aliphatic heterocycles. The number of likely N-dealkylation sites (N-methyl/N-ethyl adjacent to an activating group) is 1. The monoisotopic (exact) mass is 305 g/mol. The number of carboxylic acid groups (broad SMARTS) is 1. The summed E-state index contributed by atoms with van der Waals surface area (Å²) in [5.41, 5.74) is -1.61. The zero-order chi connectivity index (χ0) is 16.4. The molecule has 0 saturated carbocycles. The topological polar surface area (TPSA) is 66.8 Å². The number of nitrogens with zero attached hydrogens (tertiary/aromatic N) is 1. The minimum atomic E-state index is -4.87. The summed E-state index contributed by atoms with van der Waals surface area (Å²) in [4.78, 5) is 24.2. The van der Waals surface area contributed by atoms with Crippen LogP contribution in [-0.4, -0.2) is 40.8 Å². The highest BCUT2D eigenvalue weighted by atomic mass is 19.4. The number of carboxylic acids is 1. The number of halogens is 3. The summed E-state index contributed by atoms with van der Waals surface area (Å²) < 4.78 is 40.1. The van der Waals surface area contributed by atoms with Crippen molar-refractivity contribution >= 4 is 11.9 Å². The van der Waals surface area contributed by atoms with Crippen LogP contribution in [0.25, 0.3) is 0 Å². The van der Waals surface area contributed by atoms with Gasteiger partial charge in [0.25, 0.3) is 5.91 Å². The molecule has 0 aliphatic rings. The summed E-state index contributed by atoms with van der Waals surface area (Å²) >= 11 is 0. The Hall–Kier alpha value is -2.25. The molecule has 1 N–H and O–H groups in total. The van der Waals surface area contributed by atoms with E-state index in [-0.39, 0.29) is 5.56 Å². The molecule has 1 rings (SSSR count). The van der Waals surface area contributed by atoms with E-state index in [0.29, 0.717) is 0 Å². The highest BCUT2D eigenvalue weighted by Gasteiger charge is 2.36. The summed E-state index contributed by atoms with van der Waals surface area (Å²) in [5.74, 6) is -2.51. The van der Waals surface area contributed by atoms with E-state index in [1.165, 1.54) is 33.0 Å². The summed E-state index contributed by atoms with van der Waals surface area (Å²) in [6.07, 6.45) is -4.87. The molecule has 0 bridgehead atoms. The number of hydrogen-bond donors (Lipinski definition) is 1. The first kappa shape index (κ1) is 16.8. The number of alkyl halides is 3. The van der Waals surface area contributed by atoms with Gasteiger partial charge in [0.15, 0.2) is 0 Å². The molecule has 0 atom stereocenters. The lowest BCUT2D eigenvalue weighted by molar-refractivity contribution is -0.274. The van der Waals surface area contributed by atoms with Crippen molar-refractivity contribution in [1.82, 2.24) is 4.90 Å². The third-order valence-electron chi connectivity index (χ3n) is 2.98. The third-order valence-corrected chi connectivity index (χ3v) is 2.98. The van der Waals surface area contributed by atoms with Crippen LogP contribution in [-0.2, 0) is 4.79 Å². The second-order valence-electron chi connectivity index (χ2n) is 4.80. The minimum absolute atomic E-state index is 0.103. The Balaban J connectivity index is 3.03. The van der Waals surface area contributed by atoms with E-state index in [4.69, 9.17) is 5.11 Å². The molecule has 0 saturated heterocycles. The SMILES string of the molecule is CN(C(=O)c1cccc(OC(F)(F)F)c1)C(C)(C)C(=O)O. The molecular weight excluding hydrogens is 291 g/mol. The molecule has 0 aliphatic carbocycles. The number of benzene rings is 1. The Morgan fingerprint density at radius 2 is 1.81 bits per heavy atom. The van der Waals surface area contributed by atoms with E-state index >= 15 is 0 Å². The quantitative estimate of drug-likeness (QED) is 0.928. The normalized spacial score (nSPS) is 11.9. The van der Waals surface area contributed by atoms with Crippen molar-refractivity contribution in [3.8, 4) is 5.75 Å². The van der Waals surface area contributed by atoms with Crippen molar-refractivity contribution < 1.29 is 32.6 Å². The third kappa shape index (κ3) is 4.11. The predicted octanol–water partition coefficient (Wildman–Crippen LogP) is 2.52. The number of aliphatic carboxylic acids is 1. The van der Waals surface area contributed by atoms with Gasteiger partial charge in [-0.25, -0.2) is 4.79 Å². The van der Waals surface area contributed by atoms with Gasteiger partial charge in [-0.1, -0.05) is 6.07 Å². The molecule has 5 nitrogen and oxygen atoms in total. The van der Waals surface area contributed by atoms with Crippen LogP contribution >= 0.6 is 0 Å². The maximum Gasteiger partial charge on any atom is 0.573 e. The van der Waals surface area contributed by atoms with Gasteiger partial charge in [0, 0.05) is 12.6 Å². The second-order valence-corrected chi connectivity index (χ2v) is 4.80. The van der Waals surface area contributed by atoms with E-state index in [2.05, 4.69) is 4.74 Å². The van der Waals surface area contributed by atoms with Gasteiger partial charge in [-0.3, -0.25) is 4.79 Å². The molecule has 0 unspecified atom stereocenters. The molecule has 8 heteroatoms. The molecule has 1 aromatic carbocycles. The summed E-state index contributed by atoms with van der Waals surface area (Å²) in [6, 6.07) is 4.45. The number of rotatable bonds is 4. The summed E-state index contributed by atoms with van der Waals surface area (Å²) in [6.45, 7) is 2.62. The first-order chi connectivity index (χ1) is 9.45. The van der Waals surface area contributed by atoms with Crippen molar-refractivity contribution in [3.05, 3.63) is 29.8 Å². The zero-order valence-corrected chi connectivity index (χ0v) is 11.6. The van der Waals surface area contributed by atoms with Crippen LogP contribution in [0.15, 0.2) is 24.3 Å². The van der Waals surface area contributed by atoms with Crippen LogP contribution in [0.4, 0.5) is 13.2 Å². The molecule has 21 heavy (non-hydrogen) atoms. The largest absolute Gasteiger partial charge is 0.573 e. The molecule has 0 fully saturated rings. The Kier molecular flexibility index (Phi) is 4.50. The van der Waals surface area contributed by atoms with Gasteiger partial charge in [0.2, 0.25) is 0 Å². The van der Waals surface area contributed by atoms with Gasteiger partial charge >= 0.3 is 12.3 Å². The molecule has 0 spiro atoms. The Morgan fingerprint density at radius 3 is 2.29 bits per heavy atom. The van der Waals surface area contributed by atoms with Crippen molar-refractivity contribution in [2.75, 3.05) is 7.05 Å². The fourth-order valence-electron chi connectivity index (χ4n) is 1.42. The molecular formula is C13H14F3NO4. The standard InChI is InChI=1S/C13H14F3NO4/c1-12(2,11(19)20)17(3)10(18)8-5-4-6-9(7-8)21-13(14,15)16/h4-7H,1-3H3,(H,19,20). The lowest BCUT2D eigenvalue weighted by Crippen LogP contribution is -2.50. The van der Waals surface area contributed by atoms with E-state index in [1.807, 2.05) is 0 Å². The minimum Gasteiger partial charge on any atom is -0.480 e. The van der Waals surface area contributed by atoms with Gasteiger partial charge in [-0.15, -0.1) is 13.2 Å². The van der Waals surface area contributed by atoms with E-state index in [0.717, 1.165) is 17.0 Å². The Bertz CT molecular complexity index is 555. The van der Waals surface area contributed by atoms with Crippen molar-refractivity contribution in [2.45, 2.75) is 25.7 Å². The first-order valence-corrected chi connectivity index (χ1v) is 5.82. The first-order valence-electron chi connectivity index (χ1n) is 5.82. The highest BCUT2D eigenvalue weighted by Crippen LogP contribution is 2.24. The summed E-state index contributed by atoms with van der Waals surface area (Å²) in [5, 5.41) is 9.05. The number of carbonyl (C=O) groups excluding carboxylic acids is 1. The van der Waals surface area contributed by atoms with Crippen molar-refractivity contribution in [1.29, 1.82) is 0 Å². The highest BCUT2D eigenvalue weighted by molar-refractivity contribution is 5.97. The van der Waals surface area contributed by atoms with Crippen LogP contribution < -0.4 is 4.74 Å². The van der Waals surface area contributed by atoms with E-state index < -0.39 is 29.5 Å². The van der Waals surface area contributed by atoms with Gasteiger partial charge in [-0.2, -0.15) is 0 Å². The van der Waals surface area contributed by atoms with Gasteiger partial charge in [-0.05, 0) is 32.0 Å². The molecule has 0 heterocycles. The fourth-order valence-corrected chi connectivity index (χ4v) is 1.42. The lowest BCUT2D eigenvalue weighted by atomic mass is 10.0. The number of carbonyl (C=O) groups is 2. The Labute approximate surface area is 118 Å². The van der Waals surface area contributed by atoms with Gasteiger partial charge < -0.3 is 14.7 Å². The van der Waals surface area contributed by atoms with E-state index in [9.17, 15) is 22.8 Å². The summed E-state index contributed by atoms with van der Waals surface area (Å²) in [7, 11) is 1.26. The average Bonchev–Trinajstić information content (AvgIpc) is 2.35. The number of amides is 1. The van der Waals surface area contributed by atoms with Gasteiger partial charge in [0.1, 0.15) is 11.3 Å².